The number of rotatable bonds is 5. The number of hydrogen-bond acceptors (Lipinski definition) is 2. The molecule has 0 atom stereocenters. The predicted molar refractivity (Wildman–Crippen MR) is 74.4 cm³/mol. The van der Waals surface area contributed by atoms with E-state index in [1.807, 2.05) is 38.1 Å². The highest BCUT2D eigenvalue weighted by Gasteiger charge is 2.45. The van der Waals surface area contributed by atoms with Crippen molar-refractivity contribution in [1.82, 2.24) is 0 Å². The quantitative estimate of drug-likeness (QED) is 0.886. The fourth-order valence-corrected chi connectivity index (χ4v) is 2.66. The number of carboxylic acids is 1. The maximum absolute atomic E-state index is 11.4. The van der Waals surface area contributed by atoms with Crippen LogP contribution in [0, 0.1) is 0 Å². The van der Waals surface area contributed by atoms with Crippen molar-refractivity contribution in [2.45, 2.75) is 50.5 Å². The highest BCUT2D eigenvalue weighted by Crippen LogP contribution is 2.44. The highest BCUT2D eigenvalue weighted by molar-refractivity contribution is 5.82. The van der Waals surface area contributed by atoms with Crippen LogP contribution in [-0.2, 0) is 21.4 Å². The lowest BCUT2D eigenvalue weighted by Gasteiger charge is -2.38. The summed E-state index contributed by atoms with van der Waals surface area (Å²) in [6, 6.07) is 7.99. The molecule has 3 heteroatoms. The highest BCUT2D eigenvalue weighted by atomic mass is 16.5. The summed E-state index contributed by atoms with van der Waals surface area (Å²) < 4.78 is 5.42. The summed E-state index contributed by atoms with van der Waals surface area (Å²) >= 11 is 0. The van der Waals surface area contributed by atoms with Crippen molar-refractivity contribution in [3.8, 4) is 0 Å². The number of carbonyl (C=O) groups is 1. The largest absolute Gasteiger partial charge is 0.481 e. The molecule has 1 N–H and O–H groups in total. The normalized spacial score (nSPS) is 17.8. The first-order valence-corrected chi connectivity index (χ1v) is 6.78. The molecule has 1 saturated carbocycles. The van der Waals surface area contributed by atoms with E-state index in [9.17, 15) is 9.90 Å². The molecule has 0 bridgehead atoms. The molecule has 0 heterocycles. The Bertz CT molecular complexity index is 455. The summed E-state index contributed by atoms with van der Waals surface area (Å²) in [5.74, 6) is -0.691. The van der Waals surface area contributed by atoms with Crippen LogP contribution in [0.25, 0.3) is 0 Å². The third kappa shape index (κ3) is 2.66. The molecule has 104 valence electrons. The lowest BCUT2D eigenvalue weighted by atomic mass is 9.64. The Morgan fingerprint density at radius 3 is 2.26 bits per heavy atom. The summed E-state index contributed by atoms with van der Waals surface area (Å²) in [6.45, 7) is 4.09. The molecule has 19 heavy (non-hydrogen) atoms. The van der Waals surface area contributed by atoms with Gasteiger partial charge in [-0.3, -0.25) is 4.79 Å². The van der Waals surface area contributed by atoms with Gasteiger partial charge in [0.25, 0.3) is 0 Å². The number of benzene rings is 1. The molecule has 0 aliphatic heterocycles. The zero-order valence-corrected chi connectivity index (χ0v) is 11.9. The molecule has 0 aromatic heterocycles. The van der Waals surface area contributed by atoms with Crippen LogP contribution in [-0.4, -0.2) is 23.8 Å². The van der Waals surface area contributed by atoms with E-state index < -0.39 is 11.4 Å². The van der Waals surface area contributed by atoms with Crippen molar-refractivity contribution in [2.24, 2.45) is 0 Å². The first-order valence-electron chi connectivity index (χ1n) is 6.78. The SMILES string of the molecule is COC(C)(C)Cc1ccc(C2(C(=O)O)CCC2)cc1. The Labute approximate surface area is 114 Å². The molecule has 1 aliphatic rings. The van der Waals surface area contributed by atoms with Gasteiger partial charge in [0, 0.05) is 13.5 Å². The van der Waals surface area contributed by atoms with E-state index in [0.717, 1.165) is 31.2 Å². The van der Waals surface area contributed by atoms with Crippen LogP contribution < -0.4 is 0 Å². The molecule has 0 amide bonds. The van der Waals surface area contributed by atoms with Gasteiger partial charge >= 0.3 is 5.97 Å². The maximum Gasteiger partial charge on any atom is 0.314 e. The van der Waals surface area contributed by atoms with Gasteiger partial charge in [-0.2, -0.15) is 0 Å². The first-order chi connectivity index (χ1) is 8.89. The van der Waals surface area contributed by atoms with Crippen LogP contribution >= 0.6 is 0 Å². The van der Waals surface area contributed by atoms with Crippen LogP contribution in [0.5, 0.6) is 0 Å². The number of hydrogen-bond donors (Lipinski definition) is 1. The van der Waals surface area contributed by atoms with Gasteiger partial charge in [0.05, 0.1) is 11.0 Å². The summed E-state index contributed by atoms with van der Waals surface area (Å²) in [5.41, 5.74) is 1.29. The second-order valence-electron chi connectivity index (χ2n) is 6.08. The van der Waals surface area contributed by atoms with Gasteiger partial charge in [-0.1, -0.05) is 30.7 Å². The van der Waals surface area contributed by atoms with E-state index in [1.165, 1.54) is 5.56 Å². The Balaban J connectivity index is 2.17. The molecular formula is C16H22O3. The standard InChI is InChI=1S/C16H22O3/c1-15(2,19-3)11-12-5-7-13(8-6-12)16(14(17)18)9-4-10-16/h5-8H,4,9-11H2,1-3H3,(H,17,18). The van der Waals surface area contributed by atoms with Gasteiger partial charge in [0.2, 0.25) is 0 Å². The maximum atomic E-state index is 11.4. The van der Waals surface area contributed by atoms with Crippen LogP contribution in [0.3, 0.4) is 0 Å². The zero-order chi connectivity index (χ0) is 14.1. The number of aliphatic carboxylic acids is 1. The van der Waals surface area contributed by atoms with Gasteiger partial charge in [-0.05, 0) is 37.8 Å². The van der Waals surface area contributed by atoms with Gasteiger partial charge < -0.3 is 9.84 Å². The first kappa shape index (κ1) is 14.1. The van der Waals surface area contributed by atoms with Gasteiger partial charge in [0.15, 0.2) is 0 Å². The van der Waals surface area contributed by atoms with E-state index in [0.29, 0.717) is 0 Å². The van der Waals surface area contributed by atoms with Crippen LogP contribution in [0.2, 0.25) is 0 Å². The summed E-state index contributed by atoms with van der Waals surface area (Å²) in [4.78, 5) is 11.4. The van der Waals surface area contributed by atoms with Crippen LogP contribution in [0.15, 0.2) is 24.3 Å². The van der Waals surface area contributed by atoms with Gasteiger partial charge in [-0.25, -0.2) is 0 Å². The molecule has 1 aromatic rings. The molecule has 3 nitrogen and oxygen atoms in total. The van der Waals surface area contributed by atoms with Crippen molar-refractivity contribution < 1.29 is 14.6 Å². The summed E-state index contributed by atoms with van der Waals surface area (Å²) in [6.07, 6.45) is 3.34. The van der Waals surface area contributed by atoms with Crippen molar-refractivity contribution in [1.29, 1.82) is 0 Å². The molecule has 0 unspecified atom stereocenters. The summed E-state index contributed by atoms with van der Waals surface area (Å²) in [7, 11) is 1.71. The average Bonchev–Trinajstić information content (AvgIpc) is 2.29. The minimum absolute atomic E-state index is 0.192. The lowest BCUT2D eigenvalue weighted by molar-refractivity contribution is -0.147. The third-order valence-electron chi connectivity index (χ3n) is 4.31. The smallest absolute Gasteiger partial charge is 0.314 e. The van der Waals surface area contributed by atoms with E-state index in [-0.39, 0.29) is 5.60 Å². The van der Waals surface area contributed by atoms with Crippen molar-refractivity contribution in [3.05, 3.63) is 35.4 Å². The number of methoxy groups -OCH3 is 1. The topological polar surface area (TPSA) is 46.5 Å². The fraction of sp³-hybridized carbons (Fsp3) is 0.562. The predicted octanol–water partition coefficient (Wildman–Crippen LogP) is 3.16. The Morgan fingerprint density at radius 1 is 1.32 bits per heavy atom. The molecule has 1 aromatic carbocycles. The van der Waals surface area contributed by atoms with Crippen LogP contribution in [0.4, 0.5) is 0 Å². The molecule has 1 aliphatic carbocycles. The minimum Gasteiger partial charge on any atom is -0.481 e. The Morgan fingerprint density at radius 2 is 1.89 bits per heavy atom. The van der Waals surface area contributed by atoms with Crippen LogP contribution in [0.1, 0.15) is 44.2 Å². The molecule has 1 fully saturated rings. The number of ether oxygens (including phenoxy) is 1. The molecule has 0 radical (unpaired) electrons. The Hall–Kier alpha value is -1.35. The monoisotopic (exact) mass is 262 g/mol. The number of carboxylic acid groups (broad SMARTS) is 1. The Kier molecular flexibility index (Phi) is 3.68. The van der Waals surface area contributed by atoms with E-state index in [4.69, 9.17) is 4.74 Å². The van der Waals surface area contributed by atoms with Crippen molar-refractivity contribution in [3.63, 3.8) is 0 Å². The van der Waals surface area contributed by atoms with E-state index in [2.05, 4.69) is 0 Å². The molecule has 0 saturated heterocycles. The molecule has 0 spiro atoms. The van der Waals surface area contributed by atoms with Gasteiger partial charge in [0.1, 0.15) is 0 Å². The molecular weight excluding hydrogens is 240 g/mol. The zero-order valence-electron chi connectivity index (χ0n) is 11.9. The van der Waals surface area contributed by atoms with E-state index >= 15 is 0 Å². The van der Waals surface area contributed by atoms with Gasteiger partial charge in [-0.15, -0.1) is 0 Å². The molecule has 2 rings (SSSR count). The van der Waals surface area contributed by atoms with Crippen molar-refractivity contribution in [2.75, 3.05) is 7.11 Å². The average molecular weight is 262 g/mol. The summed E-state index contributed by atoms with van der Waals surface area (Å²) in [5, 5.41) is 9.41. The van der Waals surface area contributed by atoms with E-state index in [1.54, 1.807) is 7.11 Å². The third-order valence-corrected chi connectivity index (χ3v) is 4.31. The van der Waals surface area contributed by atoms with Crippen molar-refractivity contribution >= 4 is 5.97 Å². The second kappa shape index (κ2) is 4.97. The lowest BCUT2D eigenvalue weighted by Crippen LogP contribution is -2.42. The minimum atomic E-state index is -0.691. The second-order valence-corrected chi connectivity index (χ2v) is 6.08. The fourth-order valence-electron chi connectivity index (χ4n) is 2.66.